The largest absolute Gasteiger partial charge is 0.310 e. The molecule has 3 heterocycles. The molecular formula is C16H17NOS. The van der Waals surface area contributed by atoms with E-state index in [9.17, 15) is 4.79 Å². The summed E-state index contributed by atoms with van der Waals surface area (Å²) in [4.78, 5) is 12.5. The summed E-state index contributed by atoms with van der Waals surface area (Å²) in [5, 5.41) is 6.97. The van der Waals surface area contributed by atoms with E-state index >= 15 is 0 Å². The molecule has 3 atom stereocenters. The van der Waals surface area contributed by atoms with Crippen molar-refractivity contribution < 1.29 is 4.79 Å². The lowest BCUT2D eigenvalue weighted by atomic mass is 9.84. The highest BCUT2D eigenvalue weighted by molar-refractivity contribution is 7.17. The van der Waals surface area contributed by atoms with Gasteiger partial charge in [-0.15, -0.1) is 11.3 Å². The van der Waals surface area contributed by atoms with Gasteiger partial charge in [-0.1, -0.05) is 18.2 Å². The third-order valence-corrected chi connectivity index (χ3v) is 5.65. The molecule has 19 heavy (non-hydrogen) atoms. The van der Waals surface area contributed by atoms with Crippen molar-refractivity contribution in [2.75, 3.05) is 0 Å². The number of fused-ring (bicyclic) bond motifs is 3. The summed E-state index contributed by atoms with van der Waals surface area (Å²) in [6.07, 6.45) is 4.12. The standard InChI is InChI=1S/C16H17NOS/c18-15(13-8-11-5-6-14(13)17-11)7-10-9-19-16-4-2-1-3-12(10)16/h1-4,9,11,13-14,17H,5-8H2. The van der Waals surface area contributed by atoms with Gasteiger partial charge in [0.05, 0.1) is 0 Å². The SMILES string of the molecule is O=C(Cc1csc2ccccc12)C1CC2CCC1N2. The second kappa shape index (κ2) is 4.43. The number of ketones is 1. The molecule has 98 valence electrons. The van der Waals surface area contributed by atoms with Crippen molar-refractivity contribution >= 4 is 27.2 Å². The minimum atomic E-state index is 0.261. The fourth-order valence-electron chi connectivity index (χ4n) is 3.67. The Kier molecular flexibility index (Phi) is 2.71. The Morgan fingerprint density at radius 1 is 1.32 bits per heavy atom. The van der Waals surface area contributed by atoms with Crippen LogP contribution in [0.1, 0.15) is 24.8 Å². The van der Waals surface area contributed by atoms with Crippen molar-refractivity contribution in [3.8, 4) is 0 Å². The highest BCUT2D eigenvalue weighted by atomic mass is 32.1. The van der Waals surface area contributed by atoms with Gasteiger partial charge in [-0.25, -0.2) is 0 Å². The molecule has 0 saturated carbocycles. The summed E-state index contributed by atoms with van der Waals surface area (Å²) in [5.41, 5.74) is 1.22. The Hall–Kier alpha value is -1.19. The molecule has 1 N–H and O–H groups in total. The Bertz CT molecular complexity index is 632. The number of nitrogens with one attached hydrogen (secondary N) is 1. The van der Waals surface area contributed by atoms with E-state index < -0.39 is 0 Å². The zero-order valence-electron chi connectivity index (χ0n) is 10.8. The van der Waals surface area contributed by atoms with Crippen LogP contribution in [0, 0.1) is 5.92 Å². The van der Waals surface area contributed by atoms with Crippen molar-refractivity contribution in [2.45, 2.75) is 37.8 Å². The molecule has 2 bridgehead atoms. The van der Waals surface area contributed by atoms with Crippen LogP contribution in [-0.4, -0.2) is 17.9 Å². The Balaban J connectivity index is 1.56. The molecule has 3 unspecified atom stereocenters. The van der Waals surface area contributed by atoms with Crippen LogP contribution in [0.15, 0.2) is 29.6 Å². The normalized spacial score (nSPS) is 29.2. The van der Waals surface area contributed by atoms with Gasteiger partial charge in [-0.05, 0) is 41.7 Å². The maximum absolute atomic E-state index is 12.5. The van der Waals surface area contributed by atoms with E-state index in [1.807, 2.05) is 0 Å². The predicted molar refractivity (Wildman–Crippen MR) is 78.6 cm³/mol. The summed E-state index contributed by atoms with van der Waals surface area (Å²) in [7, 11) is 0. The number of rotatable bonds is 3. The maximum Gasteiger partial charge on any atom is 0.141 e. The summed E-state index contributed by atoms with van der Waals surface area (Å²) in [6.45, 7) is 0. The van der Waals surface area contributed by atoms with Crippen molar-refractivity contribution in [3.05, 3.63) is 35.2 Å². The van der Waals surface area contributed by atoms with Crippen molar-refractivity contribution in [1.82, 2.24) is 5.32 Å². The summed E-state index contributed by atoms with van der Waals surface area (Å²) in [5.74, 6) is 0.695. The second-order valence-electron chi connectivity index (χ2n) is 5.79. The number of benzene rings is 1. The van der Waals surface area contributed by atoms with Crippen LogP contribution in [0.25, 0.3) is 10.1 Å². The number of carbonyl (C=O) groups excluding carboxylic acids is 1. The number of thiophene rings is 1. The smallest absolute Gasteiger partial charge is 0.141 e. The molecular weight excluding hydrogens is 254 g/mol. The van der Waals surface area contributed by atoms with Crippen LogP contribution >= 0.6 is 11.3 Å². The zero-order chi connectivity index (χ0) is 12.8. The fraction of sp³-hybridized carbons (Fsp3) is 0.438. The molecule has 1 aromatic carbocycles. The van der Waals surface area contributed by atoms with E-state index in [0.29, 0.717) is 24.3 Å². The van der Waals surface area contributed by atoms with Crippen LogP contribution in [-0.2, 0) is 11.2 Å². The van der Waals surface area contributed by atoms with Crippen LogP contribution in [0.4, 0.5) is 0 Å². The zero-order valence-corrected chi connectivity index (χ0v) is 11.6. The lowest BCUT2D eigenvalue weighted by molar-refractivity contribution is -0.122. The molecule has 0 aliphatic carbocycles. The van der Waals surface area contributed by atoms with Gasteiger partial charge >= 0.3 is 0 Å². The van der Waals surface area contributed by atoms with E-state index in [-0.39, 0.29) is 5.92 Å². The first-order valence-electron chi connectivity index (χ1n) is 7.05. The van der Waals surface area contributed by atoms with Gasteiger partial charge in [0.25, 0.3) is 0 Å². The molecule has 1 aromatic heterocycles. The molecule has 0 radical (unpaired) electrons. The number of carbonyl (C=O) groups is 1. The molecule has 0 spiro atoms. The second-order valence-corrected chi connectivity index (χ2v) is 6.70. The van der Waals surface area contributed by atoms with Gasteiger partial charge in [0, 0.05) is 29.1 Å². The van der Waals surface area contributed by atoms with Gasteiger partial charge in [0.15, 0.2) is 0 Å². The number of hydrogen-bond donors (Lipinski definition) is 1. The van der Waals surface area contributed by atoms with Crippen molar-refractivity contribution in [2.24, 2.45) is 5.92 Å². The first-order valence-corrected chi connectivity index (χ1v) is 7.93. The minimum absolute atomic E-state index is 0.261. The topological polar surface area (TPSA) is 29.1 Å². The lowest BCUT2D eigenvalue weighted by Gasteiger charge is -2.18. The molecule has 3 heteroatoms. The van der Waals surface area contributed by atoms with Crippen LogP contribution in [0.5, 0.6) is 0 Å². The van der Waals surface area contributed by atoms with Crippen LogP contribution in [0.2, 0.25) is 0 Å². The summed E-state index contributed by atoms with van der Waals surface area (Å²) in [6, 6.07) is 9.45. The molecule has 2 aromatic rings. The first kappa shape index (κ1) is 11.6. The fourth-order valence-corrected chi connectivity index (χ4v) is 4.63. The van der Waals surface area contributed by atoms with Crippen molar-refractivity contribution in [1.29, 1.82) is 0 Å². The minimum Gasteiger partial charge on any atom is -0.310 e. The van der Waals surface area contributed by atoms with E-state index in [0.717, 1.165) is 6.42 Å². The molecule has 2 aliphatic rings. The van der Waals surface area contributed by atoms with Gasteiger partial charge < -0.3 is 5.32 Å². The number of hydrogen-bond acceptors (Lipinski definition) is 3. The van der Waals surface area contributed by atoms with Gasteiger partial charge in [-0.2, -0.15) is 0 Å². The van der Waals surface area contributed by atoms with Gasteiger partial charge in [-0.3, -0.25) is 4.79 Å². The Morgan fingerprint density at radius 2 is 2.21 bits per heavy atom. The predicted octanol–water partition coefficient (Wildman–Crippen LogP) is 3.15. The molecule has 4 rings (SSSR count). The van der Waals surface area contributed by atoms with E-state index in [2.05, 4.69) is 35.0 Å². The third-order valence-electron chi connectivity index (χ3n) is 4.64. The third kappa shape index (κ3) is 1.92. The first-order chi connectivity index (χ1) is 9.31. The Morgan fingerprint density at radius 3 is 3.00 bits per heavy atom. The van der Waals surface area contributed by atoms with Gasteiger partial charge in [0.2, 0.25) is 0 Å². The Labute approximate surface area is 116 Å². The average Bonchev–Trinajstić information content (AvgIpc) is 3.14. The van der Waals surface area contributed by atoms with Crippen LogP contribution < -0.4 is 5.32 Å². The maximum atomic E-state index is 12.5. The van der Waals surface area contributed by atoms with Gasteiger partial charge in [0.1, 0.15) is 5.78 Å². The van der Waals surface area contributed by atoms with E-state index in [1.54, 1.807) is 11.3 Å². The summed E-state index contributed by atoms with van der Waals surface area (Å²) < 4.78 is 1.29. The van der Waals surface area contributed by atoms with Crippen molar-refractivity contribution in [3.63, 3.8) is 0 Å². The van der Waals surface area contributed by atoms with Crippen LogP contribution in [0.3, 0.4) is 0 Å². The quantitative estimate of drug-likeness (QED) is 0.929. The molecule has 2 nitrogen and oxygen atoms in total. The number of Topliss-reactive ketones (excluding diaryl/α,β-unsaturated/α-hetero) is 1. The molecule has 0 amide bonds. The molecule has 2 saturated heterocycles. The van der Waals surface area contributed by atoms with E-state index in [1.165, 1.54) is 28.5 Å². The summed E-state index contributed by atoms with van der Waals surface area (Å²) >= 11 is 1.75. The van der Waals surface area contributed by atoms with E-state index in [4.69, 9.17) is 0 Å². The molecule has 2 aliphatic heterocycles. The monoisotopic (exact) mass is 271 g/mol. The highest BCUT2D eigenvalue weighted by Gasteiger charge is 2.42. The molecule has 2 fully saturated rings. The average molecular weight is 271 g/mol. The highest BCUT2D eigenvalue weighted by Crippen LogP contribution is 2.35. The lowest BCUT2D eigenvalue weighted by Crippen LogP contribution is -2.29.